The summed E-state index contributed by atoms with van der Waals surface area (Å²) in [5, 5.41) is 6.94. The Labute approximate surface area is 327 Å². The molecule has 7 nitrogen and oxygen atoms in total. The Morgan fingerprint density at radius 1 is 0.593 bits per heavy atom. The molecule has 0 aliphatic carbocycles. The molecule has 0 saturated heterocycles. The predicted molar refractivity (Wildman–Crippen MR) is 208 cm³/mol. The summed E-state index contributed by atoms with van der Waals surface area (Å²) < 4.78 is 23.2. The topological polar surface area (TPSA) is 63.3 Å². The number of pyridine rings is 1. The number of rotatable bonds is 9. The van der Waals surface area contributed by atoms with Crippen LogP contribution in [0.5, 0.6) is 34.5 Å². The third-order valence-electron chi connectivity index (χ3n) is 8.93. The summed E-state index contributed by atoms with van der Waals surface area (Å²) in [7, 11) is 0. The van der Waals surface area contributed by atoms with Crippen molar-refractivity contribution in [3.63, 3.8) is 0 Å². The van der Waals surface area contributed by atoms with Gasteiger partial charge in [-0.15, -0.1) is 35.7 Å². The van der Waals surface area contributed by atoms with Crippen molar-refractivity contribution in [1.29, 1.82) is 0 Å². The van der Waals surface area contributed by atoms with Crippen molar-refractivity contribution >= 4 is 21.8 Å². The maximum atomic E-state index is 6.46. The fraction of sp³-hybridized carbons (Fsp3) is 0.0435. The molecule has 0 N–H and O–H groups in total. The average Bonchev–Trinajstić information content (AvgIpc) is 3.79. The van der Waals surface area contributed by atoms with Gasteiger partial charge in [0.05, 0.1) is 11.8 Å². The van der Waals surface area contributed by atoms with Crippen LogP contribution in [-0.2, 0) is 21.1 Å². The van der Waals surface area contributed by atoms with E-state index in [0.717, 1.165) is 61.4 Å². The van der Waals surface area contributed by atoms with E-state index in [1.165, 1.54) is 0 Å². The maximum Gasteiger partial charge on any atom is 2.00 e. The molecule has 8 heteroatoms. The van der Waals surface area contributed by atoms with Crippen LogP contribution >= 0.6 is 0 Å². The summed E-state index contributed by atoms with van der Waals surface area (Å²) in [6.07, 6.45) is 5.59. The van der Waals surface area contributed by atoms with Crippen LogP contribution in [0, 0.1) is 26.0 Å². The van der Waals surface area contributed by atoms with Crippen LogP contribution in [0.25, 0.3) is 44.4 Å². The smallest absolute Gasteiger partial charge is 0.509 e. The molecule has 0 radical (unpaired) electrons. The zero-order chi connectivity index (χ0) is 35.7. The molecule has 0 spiro atoms. The zero-order valence-electron chi connectivity index (χ0n) is 29.3. The van der Waals surface area contributed by atoms with Gasteiger partial charge in [-0.2, -0.15) is 17.2 Å². The van der Waals surface area contributed by atoms with Crippen LogP contribution in [0.1, 0.15) is 11.1 Å². The third-order valence-corrected chi connectivity index (χ3v) is 8.93. The van der Waals surface area contributed by atoms with Gasteiger partial charge in [-0.25, -0.2) is 4.98 Å². The van der Waals surface area contributed by atoms with E-state index in [-0.39, 0.29) is 21.1 Å². The molecule has 0 aliphatic heterocycles. The predicted octanol–water partition coefficient (Wildman–Crippen LogP) is 11.6. The summed E-state index contributed by atoms with van der Waals surface area (Å²) in [6, 6.07) is 52.6. The largest absolute Gasteiger partial charge is 2.00 e. The van der Waals surface area contributed by atoms with Crippen molar-refractivity contribution in [1.82, 2.24) is 19.3 Å². The minimum Gasteiger partial charge on any atom is -0.509 e. The van der Waals surface area contributed by atoms with E-state index in [0.29, 0.717) is 28.7 Å². The summed E-state index contributed by atoms with van der Waals surface area (Å²) in [5.41, 5.74) is 6.37. The summed E-state index contributed by atoms with van der Waals surface area (Å²) in [5.74, 6) is 4.69. The molecule has 54 heavy (non-hydrogen) atoms. The summed E-state index contributed by atoms with van der Waals surface area (Å²) in [6.45, 7) is 4.09. The van der Waals surface area contributed by atoms with E-state index in [1.807, 2.05) is 135 Å². The van der Waals surface area contributed by atoms with Crippen molar-refractivity contribution in [2.75, 3.05) is 0 Å². The molecule has 0 unspecified atom stereocenters. The first-order valence-corrected chi connectivity index (χ1v) is 17.3. The monoisotopic (exact) mass is 883 g/mol. The fourth-order valence-corrected chi connectivity index (χ4v) is 6.54. The minimum absolute atomic E-state index is 0. The van der Waals surface area contributed by atoms with Gasteiger partial charge in [-0.1, -0.05) is 60.1 Å². The SMILES string of the molecule is Cc1ccnc(-n2c3[c-]c(Oc4[c-]c(-n5cc(-c6c(Oc7ccccc7)cc(C)cc6Oc6ccccc6)cn5)ccc4)ccc3c3ccccc32)c1.[Pt+2]. The van der Waals surface area contributed by atoms with Gasteiger partial charge in [0, 0.05) is 35.0 Å². The number of ether oxygens (including phenoxy) is 3. The van der Waals surface area contributed by atoms with Gasteiger partial charge in [0.2, 0.25) is 0 Å². The number of para-hydroxylation sites is 3. The Kier molecular flexibility index (Phi) is 9.56. The van der Waals surface area contributed by atoms with Crippen molar-refractivity contribution in [2.45, 2.75) is 13.8 Å². The molecule has 9 rings (SSSR count). The van der Waals surface area contributed by atoms with Crippen LogP contribution in [0.2, 0.25) is 0 Å². The van der Waals surface area contributed by atoms with Gasteiger partial charge in [0.1, 0.15) is 28.8 Å². The van der Waals surface area contributed by atoms with E-state index in [4.69, 9.17) is 24.3 Å². The summed E-state index contributed by atoms with van der Waals surface area (Å²) >= 11 is 0. The van der Waals surface area contributed by atoms with E-state index in [1.54, 1.807) is 4.68 Å². The van der Waals surface area contributed by atoms with Crippen molar-refractivity contribution < 1.29 is 35.3 Å². The molecule has 0 amide bonds. The van der Waals surface area contributed by atoms with E-state index in [9.17, 15) is 0 Å². The van der Waals surface area contributed by atoms with E-state index in [2.05, 4.69) is 54.0 Å². The second-order valence-corrected chi connectivity index (χ2v) is 12.8. The molecule has 0 aliphatic rings. The maximum absolute atomic E-state index is 6.46. The first kappa shape index (κ1) is 34.6. The molecule has 264 valence electrons. The van der Waals surface area contributed by atoms with Gasteiger partial charge in [0.15, 0.2) is 0 Å². The van der Waals surface area contributed by atoms with Crippen LogP contribution in [-0.4, -0.2) is 19.3 Å². The number of hydrogen-bond acceptors (Lipinski definition) is 5. The van der Waals surface area contributed by atoms with Gasteiger partial charge >= 0.3 is 21.1 Å². The Bertz CT molecular complexity index is 2680. The average molecular weight is 884 g/mol. The van der Waals surface area contributed by atoms with Crippen LogP contribution in [0.15, 0.2) is 158 Å². The number of nitrogens with zero attached hydrogens (tertiary/aromatic N) is 4. The zero-order valence-corrected chi connectivity index (χ0v) is 31.6. The number of hydrogen-bond donors (Lipinski definition) is 0. The van der Waals surface area contributed by atoms with Crippen LogP contribution in [0.3, 0.4) is 0 Å². The second kappa shape index (κ2) is 14.9. The van der Waals surface area contributed by atoms with Gasteiger partial charge in [0.25, 0.3) is 0 Å². The van der Waals surface area contributed by atoms with Crippen molar-refractivity contribution in [3.8, 4) is 57.1 Å². The Balaban J connectivity index is 0.00000413. The molecular formula is C46H32N4O3Pt. The van der Waals surface area contributed by atoms with Gasteiger partial charge < -0.3 is 18.8 Å². The molecule has 0 fully saturated rings. The fourth-order valence-electron chi connectivity index (χ4n) is 6.54. The molecule has 0 atom stereocenters. The Hall–Kier alpha value is -6.43. The van der Waals surface area contributed by atoms with Crippen molar-refractivity contribution in [3.05, 3.63) is 181 Å². The first-order chi connectivity index (χ1) is 26.1. The quantitative estimate of drug-likeness (QED) is 0.135. The van der Waals surface area contributed by atoms with Crippen LogP contribution < -0.4 is 14.2 Å². The van der Waals surface area contributed by atoms with E-state index >= 15 is 0 Å². The molecule has 0 bridgehead atoms. The minimum atomic E-state index is 0. The van der Waals surface area contributed by atoms with Crippen LogP contribution in [0.4, 0.5) is 0 Å². The standard InChI is InChI=1S/C46H32N4O3.Pt/c1-31-22-23-47-45(26-31)50-41-19-10-9-18-39(41)40-21-20-38(28-42(40)50)51-37-17-11-12-34(27-37)49-30-33(29-48-49)46-43(52-35-13-5-3-6-14-35)24-32(2)25-44(46)53-36-15-7-4-8-16-36;/h3-26,29-30H,1-2H3;/q-2;+2. The number of aryl methyl sites for hydroxylation is 2. The second-order valence-electron chi connectivity index (χ2n) is 12.8. The summed E-state index contributed by atoms with van der Waals surface area (Å²) in [4.78, 5) is 4.69. The molecule has 3 aromatic heterocycles. The molecule has 3 heterocycles. The van der Waals surface area contributed by atoms with Gasteiger partial charge in [-0.3, -0.25) is 4.68 Å². The normalized spacial score (nSPS) is 11.0. The Morgan fingerprint density at radius 2 is 1.28 bits per heavy atom. The first-order valence-electron chi connectivity index (χ1n) is 17.3. The van der Waals surface area contributed by atoms with Crippen molar-refractivity contribution in [2.24, 2.45) is 0 Å². The number of benzene rings is 6. The van der Waals surface area contributed by atoms with E-state index < -0.39 is 0 Å². The molecule has 9 aromatic rings. The molecule has 0 saturated carbocycles. The number of aromatic nitrogens is 4. The molecule has 6 aromatic carbocycles. The van der Waals surface area contributed by atoms with Gasteiger partial charge in [-0.05, 0) is 90.6 Å². The Morgan fingerprint density at radius 3 is 2.00 bits per heavy atom. The molecular weight excluding hydrogens is 852 g/mol. The third kappa shape index (κ3) is 6.90. The number of fused-ring (bicyclic) bond motifs is 3.